The maximum absolute atomic E-state index is 6.31. The number of hydrogen-bond acceptors (Lipinski definition) is 2. The Balaban J connectivity index is 2.38. The van der Waals surface area contributed by atoms with Gasteiger partial charge in [0.1, 0.15) is 11.5 Å². The average Bonchev–Trinajstić information content (AvgIpc) is 2.43. The molecular formula is C18H22ClNO. The molecule has 0 aliphatic heterocycles. The van der Waals surface area contributed by atoms with Gasteiger partial charge in [-0.2, -0.15) is 0 Å². The smallest absolute Gasteiger partial charge is 0.133 e. The Bertz CT molecular complexity index is 637. The molecule has 2 rings (SSSR count). The minimum atomic E-state index is 0.704. The van der Waals surface area contributed by atoms with E-state index in [-0.39, 0.29) is 0 Å². The summed E-state index contributed by atoms with van der Waals surface area (Å²) >= 11 is 6.31. The molecule has 1 N–H and O–H groups in total. The van der Waals surface area contributed by atoms with E-state index in [1.165, 1.54) is 11.1 Å². The summed E-state index contributed by atoms with van der Waals surface area (Å²) in [6.45, 7) is 9.94. The summed E-state index contributed by atoms with van der Waals surface area (Å²) in [5, 5.41) is 4.04. The lowest BCUT2D eigenvalue weighted by atomic mass is 10.1. The van der Waals surface area contributed by atoms with Gasteiger partial charge in [0.05, 0.1) is 0 Å². The van der Waals surface area contributed by atoms with Gasteiger partial charge in [0.15, 0.2) is 0 Å². The monoisotopic (exact) mass is 303 g/mol. The first-order valence-corrected chi connectivity index (χ1v) is 7.64. The van der Waals surface area contributed by atoms with E-state index in [1.807, 2.05) is 18.2 Å². The minimum absolute atomic E-state index is 0.704. The summed E-state index contributed by atoms with van der Waals surface area (Å²) < 4.78 is 6.16. The van der Waals surface area contributed by atoms with Crippen LogP contribution in [0, 0.1) is 20.8 Å². The van der Waals surface area contributed by atoms with Gasteiger partial charge in [-0.15, -0.1) is 0 Å². The number of benzene rings is 2. The molecule has 0 bridgehead atoms. The third kappa shape index (κ3) is 3.78. The van der Waals surface area contributed by atoms with Crippen LogP contribution in [0.3, 0.4) is 0 Å². The van der Waals surface area contributed by atoms with Crippen LogP contribution in [-0.4, -0.2) is 6.54 Å². The summed E-state index contributed by atoms with van der Waals surface area (Å²) in [7, 11) is 0. The Morgan fingerprint density at radius 3 is 2.57 bits per heavy atom. The highest BCUT2D eigenvalue weighted by atomic mass is 35.5. The molecule has 0 saturated carbocycles. The molecule has 3 heteroatoms. The molecular weight excluding hydrogens is 282 g/mol. The highest BCUT2D eigenvalue weighted by Crippen LogP contribution is 2.33. The molecule has 21 heavy (non-hydrogen) atoms. The summed E-state index contributed by atoms with van der Waals surface area (Å²) in [6, 6.07) is 10.0. The second-order valence-electron chi connectivity index (χ2n) is 5.30. The van der Waals surface area contributed by atoms with E-state index in [4.69, 9.17) is 16.3 Å². The first-order valence-electron chi connectivity index (χ1n) is 7.26. The largest absolute Gasteiger partial charge is 0.457 e. The molecule has 0 radical (unpaired) electrons. The molecule has 0 saturated heterocycles. The minimum Gasteiger partial charge on any atom is -0.457 e. The Morgan fingerprint density at radius 2 is 1.86 bits per heavy atom. The van der Waals surface area contributed by atoms with Crippen LogP contribution in [0.1, 0.15) is 29.2 Å². The van der Waals surface area contributed by atoms with Crippen molar-refractivity contribution in [2.75, 3.05) is 6.54 Å². The standard InChI is InChI=1S/C18H22ClNO/c1-5-20-11-15-16(19)7-6-8-17(15)21-18-10-12(2)9-13(3)14(18)4/h6-10,20H,5,11H2,1-4H3. The molecule has 0 aromatic heterocycles. The Labute approximate surface area is 132 Å². The van der Waals surface area contributed by atoms with E-state index in [0.29, 0.717) is 6.54 Å². The van der Waals surface area contributed by atoms with Crippen LogP contribution in [0.4, 0.5) is 0 Å². The van der Waals surface area contributed by atoms with Crippen molar-refractivity contribution in [1.82, 2.24) is 5.32 Å². The maximum atomic E-state index is 6.31. The van der Waals surface area contributed by atoms with Gasteiger partial charge in [0.2, 0.25) is 0 Å². The van der Waals surface area contributed by atoms with Crippen LogP contribution < -0.4 is 10.1 Å². The lowest BCUT2D eigenvalue weighted by Gasteiger charge is -2.16. The van der Waals surface area contributed by atoms with Crippen molar-refractivity contribution in [3.8, 4) is 11.5 Å². The second kappa shape index (κ2) is 6.97. The third-order valence-corrected chi connectivity index (χ3v) is 3.97. The van der Waals surface area contributed by atoms with E-state index < -0.39 is 0 Å². The van der Waals surface area contributed by atoms with E-state index in [1.54, 1.807) is 0 Å². The SMILES string of the molecule is CCNCc1c(Cl)cccc1Oc1cc(C)cc(C)c1C. The Hall–Kier alpha value is -1.51. The van der Waals surface area contributed by atoms with Gasteiger partial charge >= 0.3 is 0 Å². The molecule has 0 heterocycles. The molecule has 0 fully saturated rings. The van der Waals surface area contributed by atoms with Gasteiger partial charge in [-0.3, -0.25) is 0 Å². The van der Waals surface area contributed by atoms with Gasteiger partial charge in [0, 0.05) is 17.1 Å². The molecule has 2 nitrogen and oxygen atoms in total. The van der Waals surface area contributed by atoms with E-state index >= 15 is 0 Å². The summed E-state index contributed by atoms with van der Waals surface area (Å²) in [6.07, 6.45) is 0. The van der Waals surface area contributed by atoms with Gasteiger partial charge in [-0.1, -0.05) is 30.7 Å². The second-order valence-corrected chi connectivity index (χ2v) is 5.71. The number of hydrogen-bond donors (Lipinski definition) is 1. The van der Waals surface area contributed by atoms with Crippen molar-refractivity contribution in [1.29, 1.82) is 0 Å². The number of halogens is 1. The zero-order chi connectivity index (χ0) is 15.4. The Morgan fingerprint density at radius 1 is 1.10 bits per heavy atom. The summed E-state index contributed by atoms with van der Waals surface area (Å²) in [5.41, 5.74) is 4.60. The molecule has 0 amide bonds. The van der Waals surface area contributed by atoms with Gasteiger partial charge < -0.3 is 10.1 Å². The van der Waals surface area contributed by atoms with Crippen molar-refractivity contribution >= 4 is 11.6 Å². The molecule has 2 aromatic carbocycles. The third-order valence-electron chi connectivity index (χ3n) is 3.61. The van der Waals surface area contributed by atoms with Crippen LogP contribution in [-0.2, 0) is 6.54 Å². The highest BCUT2D eigenvalue weighted by Gasteiger charge is 2.11. The predicted octanol–water partition coefficient (Wildman–Crippen LogP) is 5.17. The van der Waals surface area contributed by atoms with Crippen molar-refractivity contribution in [2.45, 2.75) is 34.2 Å². The number of nitrogens with one attached hydrogen (secondary N) is 1. The number of ether oxygens (including phenoxy) is 1. The molecule has 0 spiro atoms. The quantitative estimate of drug-likeness (QED) is 0.823. The zero-order valence-corrected chi connectivity index (χ0v) is 13.8. The van der Waals surface area contributed by atoms with E-state index in [0.717, 1.165) is 34.2 Å². The van der Waals surface area contributed by atoms with Crippen molar-refractivity contribution in [3.63, 3.8) is 0 Å². The normalized spacial score (nSPS) is 10.7. The molecule has 0 atom stereocenters. The average molecular weight is 304 g/mol. The van der Waals surface area contributed by atoms with E-state index in [9.17, 15) is 0 Å². The Kier molecular flexibility index (Phi) is 5.27. The lowest BCUT2D eigenvalue weighted by molar-refractivity contribution is 0.469. The number of rotatable bonds is 5. The molecule has 0 aliphatic carbocycles. The predicted molar refractivity (Wildman–Crippen MR) is 89.6 cm³/mol. The van der Waals surface area contributed by atoms with Crippen molar-refractivity contribution < 1.29 is 4.74 Å². The van der Waals surface area contributed by atoms with Crippen LogP contribution in [0.15, 0.2) is 30.3 Å². The highest BCUT2D eigenvalue weighted by molar-refractivity contribution is 6.31. The molecule has 2 aromatic rings. The molecule has 0 aliphatic rings. The zero-order valence-electron chi connectivity index (χ0n) is 13.1. The summed E-state index contributed by atoms with van der Waals surface area (Å²) in [5.74, 6) is 1.71. The van der Waals surface area contributed by atoms with E-state index in [2.05, 4.69) is 45.1 Å². The number of aryl methyl sites for hydroxylation is 2. The first-order chi connectivity index (χ1) is 10.0. The van der Waals surface area contributed by atoms with Gasteiger partial charge in [-0.25, -0.2) is 0 Å². The maximum Gasteiger partial charge on any atom is 0.133 e. The van der Waals surface area contributed by atoms with Crippen LogP contribution in [0.2, 0.25) is 5.02 Å². The van der Waals surface area contributed by atoms with Crippen LogP contribution in [0.5, 0.6) is 11.5 Å². The fourth-order valence-corrected chi connectivity index (χ4v) is 2.51. The molecule has 112 valence electrons. The van der Waals surface area contributed by atoms with Crippen molar-refractivity contribution in [3.05, 3.63) is 57.6 Å². The summed E-state index contributed by atoms with van der Waals surface area (Å²) in [4.78, 5) is 0. The van der Waals surface area contributed by atoms with Gasteiger partial charge in [-0.05, 0) is 62.2 Å². The van der Waals surface area contributed by atoms with Gasteiger partial charge in [0.25, 0.3) is 0 Å². The van der Waals surface area contributed by atoms with Crippen molar-refractivity contribution in [2.24, 2.45) is 0 Å². The fourth-order valence-electron chi connectivity index (χ4n) is 2.28. The first kappa shape index (κ1) is 15.9. The van der Waals surface area contributed by atoms with Crippen LogP contribution in [0.25, 0.3) is 0 Å². The lowest BCUT2D eigenvalue weighted by Crippen LogP contribution is -2.13. The van der Waals surface area contributed by atoms with Crippen LogP contribution >= 0.6 is 11.6 Å². The topological polar surface area (TPSA) is 21.3 Å². The molecule has 0 unspecified atom stereocenters. The fraction of sp³-hybridized carbons (Fsp3) is 0.333.